The molecule has 0 aliphatic rings. The van der Waals surface area contributed by atoms with Crippen molar-refractivity contribution in [3.63, 3.8) is 0 Å². The van der Waals surface area contributed by atoms with Crippen LogP contribution in [0.15, 0.2) is 24.3 Å². The number of halogens is 1. The number of hydrogen-bond donors (Lipinski definition) is 0. The summed E-state index contributed by atoms with van der Waals surface area (Å²) in [5, 5.41) is -1.29. The average Bonchev–Trinajstić information content (AvgIpc) is 1.91. The van der Waals surface area contributed by atoms with E-state index in [9.17, 15) is 0 Å². The standard InChI is InChI=1S/C9H11Br/c1-8-4-2-3-5-9(8)6-7-10/h2-5H,6-7H2,1H3/i7D2. The number of rotatable bonds is 2. The molecule has 1 aromatic carbocycles. The summed E-state index contributed by atoms with van der Waals surface area (Å²) >= 11 is 2.98. The third-order valence-electron chi connectivity index (χ3n) is 1.52. The molecule has 0 N–H and O–H groups in total. The predicted octanol–water partition coefficient (Wildman–Crippen LogP) is 2.93. The van der Waals surface area contributed by atoms with Crippen molar-refractivity contribution < 1.29 is 2.74 Å². The highest BCUT2D eigenvalue weighted by atomic mass is 79.9. The van der Waals surface area contributed by atoms with Crippen LogP contribution in [0.25, 0.3) is 0 Å². The predicted molar refractivity (Wildman–Crippen MR) is 48.7 cm³/mol. The molecule has 0 bridgehead atoms. The lowest BCUT2D eigenvalue weighted by molar-refractivity contribution is 1.13. The summed E-state index contributed by atoms with van der Waals surface area (Å²) in [6.07, 6.45) is 0.416. The van der Waals surface area contributed by atoms with E-state index < -0.39 is 5.28 Å². The smallest absolute Gasteiger partial charge is 0.0390 e. The van der Waals surface area contributed by atoms with Gasteiger partial charge < -0.3 is 0 Å². The first-order chi connectivity index (χ1) is 5.49. The van der Waals surface area contributed by atoms with Crippen LogP contribution in [0.3, 0.4) is 0 Å². The lowest BCUT2D eigenvalue weighted by atomic mass is 10.1. The van der Waals surface area contributed by atoms with Crippen molar-refractivity contribution in [1.82, 2.24) is 0 Å². The van der Waals surface area contributed by atoms with Crippen LogP contribution in [0.2, 0.25) is 0 Å². The maximum absolute atomic E-state index is 7.35. The van der Waals surface area contributed by atoms with Gasteiger partial charge in [0.05, 0.1) is 0 Å². The Hall–Kier alpha value is -0.300. The van der Waals surface area contributed by atoms with Crippen LogP contribution in [0.4, 0.5) is 0 Å². The highest BCUT2D eigenvalue weighted by Gasteiger charge is 1.92. The van der Waals surface area contributed by atoms with Gasteiger partial charge in [0.1, 0.15) is 0 Å². The summed E-state index contributed by atoms with van der Waals surface area (Å²) in [6, 6.07) is 7.84. The molecule has 54 valence electrons. The van der Waals surface area contributed by atoms with E-state index in [1.807, 2.05) is 31.2 Å². The molecule has 10 heavy (non-hydrogen) atoms. The molecule has 1 aromatic rings. The normalized spacial score (nSPS) is 14.2. The molecule has 0 unspecified atom stereocenters. The Kier molecular flexibility index (Phi) is 2.02. The van der Waals surface area contributed by atoms with Crippen LogP contribution < -0.4 is 0 Å². The molecule has 0 fully saturated rings. The maximum atomic E-state index is 7.35. The summed E-state index contributed by atoms with van der Waals surface area (Å²) in [7, 11) is 0. The van der Waals surface area contributed by atoms with Gasteiger partial charge in [0.2, 0.25) is 0 Å². The zero-order valence-electron chi connectivity index (χ0n) is 7.89. The summed E-state index contributed by atoms with van der Waals surface area (Å²) in [6.45, 7) is 1.99. The summed E-state index contributed by atoms with van der Waals surface area (Å²) in [4.78, 5) is 0. The lowest BCUT2D eigenvalue weighted by Gasteiger charge is -2.00. The van der Waals surface area contributed by atoms with E-state index in [2.05, 4.69) is 15.9 Å². The first-order valence-electron chi connectivity index (χ1n) is 4.22. The van der Waals surface area contributed by atoms with Gasteiger partial charge in [0, 0.05) is 8.02 Å². The van der Waals surface area contributed by atoms with Gasteiger partial charge in [-0.25, -0.2) is 0 Å². The van der Waals surface area contributed by atoms with E-state index >= 15 is 0 Å². The summed E-state index contributed by atoms with van der Waals surface area (Å²) in [5.74, 6) is 0. The molecule has 1 rings (SSSR count). The number of aryl methyl sites for hydroxylation is 2. The molecule has 0 saturated carbocycles. The van der Waals surface area contributed by atoms with Crippen LogP contribution >= 0.6 is 15.9 Å². The van der Waals surface area contributed by atoms with Crippen molar-refractivity contribution in [3.05, 3.63) is 35.4 Å². The van der Waals surface area contributed by atoms with Crippen molar-refractivity contribution in [2.24, 2.45) is 0 Å². The van der Waals surface area contributed by atoms with Crippen LogP contribution in [0.5, 0.6) is 0 Å². The van der Waals surface area contributed by atoms with E-state index in [0.29, 0.717) is 6.42 Å². The van der Waals surface area contributed by atoms with Gasteiger partial charge in [0.15, 0.2) is 0 Å². The molecule has 0 radical (unpaired) electrons. The molecular weight excluding hydrogens is 188 g/mol. The van der Waals surface area contributed by atoms with E-state index in [1.54, 1.807) is 0 Å². The van der Waals surface area contributed by atoms with Crippen molar-refractivity contribution in [2.45, 2.75) is 13.3 Å². The minimum absolute atomic E-state index is 0.416. The largest absolute Gasteiger partial charge is 0.0924 e. The SMILES string of the molecule is [2H]C([2H])(Br)Cc1ccccc1C. The van der Waals surface area contributed by atoms with Crippen LogP contribution in [-0.4, -0.2) is 5.28 Å². The number of benzene rings is 1. The number of alkyl halides is 1. The minimum atomic E-state index is -1.29. The van der Waals surface area contributed by atoms with E-state index in [-0.39, 0.29) is 0 Å². The Morgan fingerprint density at radius 1 is 1.50 bits per heavy atom. The van der Waals surface area contributed by atoms with Crippen LogP contribution in [-0.2, 0) is 6.42 Å². The van der Waals surface area contributed by atoms with E-state index in [1.165, 1.54) is 0 Å². The Morgan fingerprint density at radius 2 is 2.20 bits per heavy atom. The number of hydrogen-bond acceptors (Lipinski definition) is 0. The molecule has 1 heteroatoms. The first-order valence-corrected chi connectivity index (χ1v) is 4.02. The minimum Gasteiger partial charge on any atom is -0.0924 e. The first kappa shape index (κ1) is 5.36. The molecule has 0 amide bonds. The van der Waals surface area contributed by atoms with Crippen molar-refractivity contribution >= 4 is 15.9 Å². The van der Waals surface area contributed by atoms with Crippen molar-refractivity contribution in [3.8, 4) is 0 Å². The van der Waals surface area contributed by atoms with Crippen molar-refractivity contribution in [1.29, 1.82) is 0 Å². The van der Waals surface area contributed by atoms with Crippen LogP contribution in [0, 0.1) is 6.92 Å². The molecular formula is C9H11Br. The highest BCUT2D eigenvalue weighted by molar-refractivity contribution is 9.09. The molecule has 0 aliphatic carbocycles. The fraction of sp³-hybridized carbons (Fsp3) is 0.333. The molecule has 0 spiro atoms. The zero-order chi connectivity index (χ0) is 9.19. The van der Waals surface area contributed by atoms with Gasteiger partial charge in [0.25, 0.3) is 0 Å². The van der Waals surface area contributed by atoms with Gasteiger partial charge >= 0.3 is 0 Å². The fourth-order valence-corrected chi connectivity index (χ4v) is 1.18. The summed E-state index contributed by atoms with van der Waals surface area (Å²) in [5.41, 5.74) is 2.19. The van der Waals surface area contributed by atoms with Crippen LogP contribution in [0.1, 0.15) is 13.9 Å². The second-order valence-corrected chi connectivity index (χ2v) is 2.80. The van der Waals surface area contributed by atoms with E-state index in [0.717, 1.165) is 11.1 Å². The Balaban J connectivity index is 2.83. The second-order valence-electron chi connectivity index (χ2n) is 2.24. The molecule has 0 nitrogen and oxygen atoms in total. The maximum Gasteiger partial charge on any atom is 0.0390 e. The monoisotopic (exact) mass is 200 g/mol. The van der Waals surface area contributed by atoms with Gasteiger partial charge in [-0.2, -0.15) is 0 Å². The van der Waals surface area contributed by atoms with Gasteiger partial charge in [-0.1, -0.05) is 40.2 Å². The third-order valence-corrected chi connectivity index (χ3v) is 1.80. The lowest BCUT2D eigenvalue weighted by Crippen LogP contribution is -1.88. The van der Waals surface area contributed by atoms with Gasteiger partial charge in [-0.05, 0) is 24.5 Å². The fourth-order valence-electron chi connectivity index (χ4n) is 0.880. The molecule has 0 heterocycles. The summed E-state index contributed by atoms with van der Waals surface area (Å²) < 4.78 is 14.7. The molecule has 0 aromatic heterocycles. The topological polar surface area (TPSA) is 0 Å². The van der Waals surface area contributed by atoms with E-state index in [4.69, 9.17) is 2.74 Å². The Bertz CT molecular complexity index is 265. The quantitative estimate of drug-likeness (QED) is 0.645. The molecule has 0 aliphatic heterocycles. The zero-order valence-corrected chi connectivity index (χ0v) is 7.48. The highest BCUT2D eigenvalue weighted by Crippen LogP contribution is 2.08. The molecule has 0 saturated heterocycles. The van der Waals surface area contributed by atoms with Crippen molar-refractivity contribution in [2.75, 3.05) is 5.28 Å². The van der Waals surface area contributed by atoms with Gasteiger partial charge in [-0.3, -0.25) is 0 Å². The Morgan fingerprint density at radius 3 is 2.80 bits per heavy atom. The van der Waals surface area contributed by atoms with Gasteiger partial charge in [-0.15, -0.1) is 0 Å². The Labute approximate surface area is 73.2 Å². The average molecular weight is 201 g/mol. The second kappa shape index (κ2) is 3.77. The third kappa shape index (κ3) is 1.84. The molecule has 0 atom stereocenters.